The van der Waals surface area contributed by atoms with Gasteiger partial charge in [0.15, 0.2) is 0 Å². The van der Waals surface area contributed by atoms with E-state index in [4.69, 9.17) is 0 Å². The van der Waals surface area contributed by atoms with Crippen LogP contribution in [-0.4, -0.2) is 21.0 Å². The molecule has 19 heavy (non-hydrogen) atoms. The molecule has 100 valence electrons. The Hall–Kier alpha value is -1.75. The Morgan fingerprint density at radius 2 is 2.05 bits per heavy atom. The van der Waals surface area contributed by atoms with Gasteiger partial charge < -0.3 is 5.11 Å². The minimum absolute atomic E-state index is 0.299. The van der Waals surface area contributed by atoms with Gasteiger partial charge in [-0.15, -0.1) is 11.3 Å². The van der Waals surface area contributed by atoms with Crippen molar-refractivity contribution in [2.75, 3.05) is 0 Å². The molecule has 0 radical (unpaired) electrons. The Labute approximate surface area is 116 Å². The summed E-state index contributed by atoms with van der Waals surface area (Å²) in [5.74, 6) is -0.928. The van der Waals surface area contributed by atoms with Crippen molar-refractivity contribution in [2.45, 2.75) is 33.1 Å². The largest absolute Gasteiger partial charge is 0.477 e. The molecular formula is C14H16N2O2S. The molecule has 2 heterocycles. The van der Waals surface area contributed by atoms with Crippen molar-refractivity contribution < 1.29 is 9.90 Å². The highest BCUT2D eigenvalue weighted by Gasteiger charge is 2.27. The van der Waals surface area contributed by atoms with Crippen LogP contribution in [0.5, 0.6) is 0 Å². The summed E-state index contributed by atoms with van der Waals surface area (Å²) in [6, 6.07) is 3.80. The lowest BCUT2D eigenvalue weighted by Gasteiger charge is -2.16. The first-order valence-corrected chi connectivity index (χ1v) is 6.79. The average Bonchev–Trinajstić information content (AvgIpc) is 2.74. The van der Waals surface area contributed by atoms with Crippen LogP contribution in [-0.2, 0) is 5.41 Å². The molecule has 0 amide bonds. The van der Waals surface area contributed by atoms with Crippen LogP contribution in [0.3, 0.4) is 0 Å². The van der Waals surface area contributed by atoms with Crippen LogP contribution in [0.2, 0.25) is 0 Å². The number of carboxylic acids is 1. The number of aryl methyl sites for hydroxylation is 1. The minimum atomic E-state index is -0.928. The van der Waals surface area contributed by atoms with Crippen LogP contribution >= 0.6 is 11.3 Å². The van der Waals surface area contributed by atoms with Crippen molar-refractivity contribution in [2.24, 2.45) is 0 Å². The number of hydrogen-bond acceptors (Lipinski definition) is 4. The lowest BCUT2D eigenvalue weighted by molar-refractivity contribution is 0.0699. The van der Waals surface area contributed by atoms with Gasteiger partial charge >= 0.3 is 5.97 Å². The van der Waals surface area contributed by atoms with E-state index < -0.39 is 5.97 Å². The number of pyridine rings is 1. The molecule has 0 atom stereocenters. The zero-order valence-electron chi connectivity index (χ0n) is 11.4. The minimum Gasteiger partial charge on any atom is -0.477 e. The van der Waals surface area contributed by atoms with Crippen molar-refractivity contribution in [3.05, 3.63) is 34.5 Å². The Kier molecular flexibility index (Phi) is 3.41. The van der Waals surface area contributed by atoms with Crippen LogP contribution in [0.15, 0.2) is 18.3 Å². The van der Waals surface area contributed by atoms with E-state index in [-0.39, 0.29) is 5.41 Å². The second-order valence-corrected chi connectivity index (χ2v) is 6.42. The number of nitrogens with zero attached hydrogens (tertiary/aromatic N) is 2. The molecule has 0 aliphatic carbocycles. The topological polar surface area (TPSA) is 63.1 Å². The fourth-order valence-electron chi connectivity index (χ4n) is 1.78. The monoisotopic (exact) mass is 276 g/mol. The van der Waals surface area contributed by atoms with E-state index in [2.05, 4.69) is 9.97 Å². The molecule has 0 spiro atoms. The van der Waals surface area contributed by atoms with E-state index >= 15 is 0 Å². The third-order valence-electron chi connectivity index (χ3n) is 2.74. The number of rotatable bonds is 2. The summed E-state index contributed by atoms with van der Waals surface area (Å²) in [6.07, 6.45) is 1.70. The molecule has 0 saturated carbocycles. The van der Waals surface area contributed by atoms with E-state index in [1.54, 1.807) is 6.20 Å². The average molecular weight is 276 g/mol. The fraction of sp³-hybridized carbons (Fsp3) is 0.357. The van der Waals surface area contributed by atoms with Crippen molar-refractivity contribution >= 4 is 17.3 Å². The Balaban J connectivity index is 2.62. The number of carbonyl (C=O) groups is 1. The highest BCUT2D eigenvalue weighted by atomic mass is 32.1. The number of aromatic carboxylic acids is 1. The molecule has 0 aliphatic heterocycles. The van der Waals surface area contributed by atoms with Gasteiger partial charge in [-0.1, -0.05) is 26.8 Å². The van der Waals surface area contributed by atoms with Crippen molar-refractivity contribution in [3.63, 3.8) is 0 Å². The van der Waals surface area contributed by atoms with Gasteiger partial charge in [0.1, 0.15) is 15.6 Å². The summed E-state index contributed by atoms with van der Waals surface area (Å²) in [6.45, 7) is 7.83. The maximum Gasteiger partial charge on any atom is 0.347 e. The standard InChI is InChI=1S/C14H16N2O2S/c1-8-6-5-7-15-9(8)12-16-11(14(2,3)4)10(19-12)13(17)18/h5-7H,1-4H3,(H,17,18). The molecule has 0 saturated heterocycles. The smallest absolute Gasteiger partial charge is 0.347 e. The first-order valence-electron chi connectivity index (χ1n) is 5.97. The zero-order valence-corrected chi connectivity index (χ0v) is 12.2. The number of hydrogen-bond donors (Lipinski definition) is 1. The summed E-state index contributed by atoms with van der Waals surface area (Å²) in [7, 11) is 0. The SMILES string of the molecule is Cc1cccnc1-c1nc(C(C)(C)C)c(C(=O)O)s1. The Morgan fingerprint density at radius 1 is 1.37 bits per heavy atom. The maximum atomic E-state index is 11.3. The summed E-state index contributed by atoms with van der Waals surface area (Å²) < 4.78 is 0. The normalized spacial score (nSPS) is 11.6. The van der Waals surface area contributed by atoms with Gasteiger partial charge in [-0.25, -0.2) is 9.78 Å². The van der Waals surface area contributed by atoms with E-state index in [9.17, 15) is 9.90 Å². The second kappa shape index (κ2) is 4.74. The van der Waals surface area contributed by atoms with Crippen molar-refractivity contribution in [1.29, 1.82) is 0 Å². The van der Waals surface area contributed by atoms with E-state index in [1.165, 1.54) is 11.3 Å². The zero-order chi connectivity index (χ0) is 14.2. The van der Waals surface area contributed by atoms with Gasteiger partial charge in [0.25, 0.3) is 0 Å². The fourth-order valence-corrected chi connectivity index (χ4v) is 2.96. The number of carboxylic acid groups (broad SMARTS) is 1. The molecule has 1 N–H and O–H groups in total. The molecule has 0 bridgehead atoms. The van der Waals surface area contributed by atoms with E-state index in [0.717, 1.165) is 11.3 Å². The quantitative estimate of drug-likeness (QED) is 0.911. The molecule has 4 nitrogen and oxygen atoms in total. The van der Waals surface area contributed by atoms with Gasteiger partial charge in [-0.2, -0.15) is 0 Å². The van der Waals surface area contributed by atoms with Gasteiger partial charge in [0.05, 0.1) is 5.69 Å². The first kappa shape index (κ1) is 13.7. The molecule has 5 heteroatoms. The molecule has 2 aromatic rings. The summed E-state index contributed by atoms with van der Waals surface area (Å²) in [5, 5.41) is 9.98. The van der Waals surface area contributed by atoms with Gasteiger partial charge in [-0.3, -0.25) is 4.98 Å². The third kappa shape index (κ3) is 2.66. The second-order valence-electron chi connectivity index (χ2n) is 5.42. The summed E-state index contributed by atoms with van der Waals surface area (Å²) in [5.41, 5.74) is 2.06. The van der Waals surface area contributed by atoms with Crippen molar-refractivity contribution in [3.8, 4) is 10.7 Å². The predicted octanol–water partition coefficient (Wildman–Crippen LogP) is 3.51. The molecule has 2 aromatic heterocycles. The lowest BCUT2D eigenvalue weighted by Crippen LogP contribution is -2.16. The van der Waals surface area contributed by atoms with Crippen molar-refractivity contribution in [1.82, 2.24) is 9.97 Å². The number of thiazole rings is 1. The Morgan fingerprint density at radius 3 is 2.53 bits per heavy atom. The summed E-state index contributed by atoms with van der Waals surface area (Å²) >= 11 is 1.19. The first-order chi connectivity index (χ1) is 8.80. The van der Waals surface area contributed by atoms with E-state index in [0.29, 0.717) is 15.6 Å². The Bertz CT molecular complexity index is 627. The van der Waals surface area contributed by atoms with Gasteiger partial charge in [0.2, 0.25) is 0 Å². The van der Waals surface area contributed by atoms with E-state index in [1.807, 2.05) is 39.8 Å². The predicted molar refractivity (Wildman–Crippen MR) is 75.7 cm³/mol. The van der Waals surface area contributed by atoms with Crippen LogP contribution < -0.4 is 0 Å². The highest BCUT2D eigenvalue weighted by Crippen LogP contribution is 2.34. The molecule has 0 aromatic carbocycles. The molecular weight excluding hydrogens is 260 g/mol. The molecule has 0 fully saturated rings. The lowest BCUT2D eigenvalue weighted by atomic mass is 9.91. The van der Waals surface area contributed by atoms with Crippen LogP contribution in [0.4, 0.5) is 0 Å². The van der Waals surface area contributed by atoms with Crippen LogP contribution in [0.1, 0.15) is 41.7 Å². The molecule has 2 rings (SSSR count). The van der Waals surface area contributed by atoms with Gasteiger partial charge in [-0.05, 0) is 18.6 Å². The maximum absolute atomic E-state index is 11.3. The van der Waals surface area contributed by atoms with Crippen LogP contribution in [0, 0.1) is 6.92 Å². The summed E-state index contributed by atoms with van der Waals surface area (Å²) in [4.78, 5) is 20.5. The molecule has 0 unspecified atom stereocenters. The highest BCUT2D eigenvalue weighted by molar-refractivity contribution is 7.17. The number of aromatic nitrogens is 2. The van der Waals surface area contributed by atoms with Gasteiger partial charge in [0, 0.05) is 11.6 Å². The van der Waals surface area contributed by atoms with Crippen LogP contribution in [0.25, 0.3) is 10.7 Å². The molecule has 0 aliphatic rings. The third-order valence-corrected chi connectivity index (χ3v) is 3.79.